The van der Waals surface area contributed by atoms with Crippen LogP contribution in [0.1, 0.15) is 26.7 Å². The Morgan fingerprint density at radius 3 is 2.58 bits per heavy atom. The minimum absolute atomic E-state index is 0.103. The summed E-state index contributed by atoms with van der Waals surface area (Å²) in [5.74, 6) is 0.682. The van der Waals surface area contributed by atoms with Gasteiger partial charge in [-0.25, -0.2) is 0 Å². The molecule has 3 heteroatoms. The largest absolute Gasteiger partial charge is 0.394 e. The first kappa shape index (κ1) is 9.96. The van der Waals surface area contributed by atoms with Gasteiger partial charge in [-0.1, -0.05) is 13.8 Å². The van der Waals surface area contributed by atoms with Gasteiger partial charge in [0, 0.05) is 0 Å². The monoisotopic (exact) mass is 174 g/mol. The molecule has 1 rings (SSSR count). The molecule has 1 heterocycles. The summed E-state index contributed by atoms with van der Waals surface area (Å²) >= 11 is 0. The highest BCUT2D eigenvalue weighted by Gasteiger charge is 2.43. The van der Waals surface area contributed by atoms with Crippen molar-refractivity contribution in [3.05, 3.63) is 0 Å². The molecule has 0 spiro atoms. The Balaban J connectivity index is 2.08. The summed E-state index contributed by atoms with van der Waals surface area (Å²) in [5.41, 5.74) is 0. The van der Waals surface area contributed by atoms with Crippen LogP contribution < -0.4 is 0 Å². The first-order valence-electron chi connectivity index (χ1n) is 4.59. The van der Waals surface area contributed by atoms with Crippen LogP contribution in [0.25, 0.3) is 0 Å². The summed E-state index contributed by atoms with van der Waals surface area (Å²) < 4.78 is 5.21. The summed E-state index contributed by atoms with van der Waals surface area (Å²) in [7, 11) is 0. The molecular formula is C9H18O3. The van der Waals surface area contributed by atoms with E-state index in [1.165, 1.54) is 0 Å². The third-order valence-corrected chi connectivity index (χ3v) is 2.22. The van der Waals surface area contributed by atoms with Crippen LogP contribution in [0.15, 0.2) is 0 Å². The molecule has 12 heavy (non-hydrogen) atoms. The zero-order valence-corrected chi connectivity index (χ0v) is 7.73. The fourth-order valence-electron chi connectivity index (χ4n) is 1.33. The predicted molar refractivity (Wildman–Crippen MR) is 45.8 cm³/mol. The van der Waals surface area contributed by atoms with Gasteiger partial charge in [-0.15, -0.1) is 0 Å². The molecule has 0 radical (unpaired) electrons. The van der Waals surface area contributed by atoms with Crippen LogP contribution in [0, 0.1) is 5.92 Å². The number of rotatable bonds is 5. The molecule has 1 aliphatic heterocycles. The van der Waals surface area contributed by atoms with Gasteiger partial charge < -0.3 is 14.9 Å². The molecular weight excluding hydrogens is 156 g/mol. The van der Waals surface area contributed by atoms with Crippen molar-refractivity contribution in [2.24, 2.45) is 5.92 Å². The number of hydrogen-bond donors (Lipinski definition) is 2. The van der Waals surface area contributed by atoms with Crippen LogP contribution >= 0.6 is 0 Å². The summed E-state index contributed by atoms with van der Waals surface area (Å²) in [6, 6.07) is 0. The second-order valence-electron chi connectivity index (χ2n) is 3.86. The molecule has 0 amide bonds. The van der Waals surface area contributed by atoms with Gasteiger partial charge in [0.2, 0.25) is 0 Å². The van der Waals surface area contributed by atoms with Crippen molar-refractivity contribution in [2.45, 2.75) is 45.0 Å². The van der Waals surface area contributed by atoms with E-state index in [1.54, 1.807) is 0 Å². The average Bonchev–Trinajstić information content (AvgIpc) is 2.78. The lowest BCUT2D eigenvalue weighted by Crippen LogP contribution is -2.21. The second kappa shape index (κ2) is 4.21. The molecule has 0 aromatic rings. The molecule has 3 nitrogen and oxygen atoms in total. The molecule has 2 N–H and O–H groups in total. The minimum Gasteiger partial charge on any atom is -0.394 e. The number of ether oxygens (including phenoxy) is 1. The van der Waals surface area contributed by atoms with Crippen molar-refractivity contribution in [3.8, 4) is 0 Å². The van der Waals surface area contributed by atoms with E-state index >= 15 is 0 Å². The highest BCUT2D eigenvalue weighted by Crippen LogP contribution is 2.30. The highest BCUT2D eigenvalue weighted by molar-refractivity contribution is 4.90. The van der Waals surface area contributed by atoms with Gasteiger partial charge in [0.1, 0.15) is 12.2 Å². The van der Waals surface area contributed by atoms with Gasteiger partial charge in [0.25, 0.3) is 0 Å². The molecule has 0 saturated carbocycles. The van der Waals surface area contributed by atoms with Crippen molar-refractivity contribution < 1.29 is 14.9 Å². The number of hydrogen-bond acceptors (Lipinski definition) is 3. The minimum atomic E-state index is -0.679. The van der Waals surface area contributed by atoms with E-state index in [4.69, 9.17) is 14.9 Å². The van der Waals surface area contributed by atoms with Gasteiger partial charge >= 0.3 is 0 Å². The molecule has 1 fully saturated rings. The Kier molecular flexibility index (Phi) is 3.50. The zero-order chi connectivity index (χ0) is 9.14. The molecule has 1 saturated heterocycles. The van der Waals surface area contributed by atoms with Gasteiger partial charge in [0.15, 0.2) is 0 Å². The van der Waals surface area contributed by atoms with Crippen molar-refractivity contribution in [1.29, 1.82) is 0 Å². The van der Waals surface area contributed by atoms with Crippen molar-refractivity contribution in [3.63, 3.8) is 0 Å². The molecule has 3 unspecified atom stereocenters. The maximum atomic E-state index is 9.16. The Morgan fingerprint density at radius 2 is 2.08 bits per heavy atom. The third kappa shape index (κ3) is 2.73. The van der Waals surface area contributed by atoms with E-state index in [9.17, 15) is 0 Å². The van der Waals surface area contributed by atoms with Crippen LogP contribution in [0.3, 0.4) is 0 Å². The summed E-state index contributed by atoms with van der Waals surface area (Å²) in [5, 5.41) is 17.8. The first-order chi connectivity index (χ1) is 5.65. The lowest BCUT2D eigenvalue weighted by Gasteiger charge is -2.03. The van der Waals surface area contributed by atoms with E-state index < -0.39 is 6.10 Å². The van der Waals surface area contributed by atoms with Crippen LogP contribution in [0.5, 0.6) is 0 Å². The predicted octanol–water partition coefficient (Wildman–Crippen LogP) is 0.543. The fraction of sp³-hybridized carbons (Fsp3) is 1.00. The standard InChI is InChI=1S/C9H18O3/c1-6(2)3-4-8-9(12-8)7(11)5-10/h6-11H,3-5H2,1-2H3. The maximum Gasteiger partial charge on any atom is 0.112 e. The Hall–Kier alpha value is -0.120. The highest BCUT2D eigenvalue weighted by atomic mass is 16.6. The summed E-state index contributed by atoms with van der Waals surface area (Å²) in [4.78, 5) is 0. The normalized spacial score (nSPS) is 30.8. The molecule has 3 atom stereocenters. The maximum absolute atomic E-state index is 9.16. The molecule has 0 bridgehead atoms. The topological polar surface area (TPSA) is 53.0 Å². The number of epoxide rings is 1. The van der Waals surface area contributed by atoms with Crippen LogP contribution in [0.2, 0.25) is 0 Å². The Morgan fingerprint density at radius 1 is 1.42 bits per heavy atom. The average molecular weight is 174 g/mol. The lowest BCUT2D eigenvalue weighted by atomic mass is 10.0. The molecule has 0 aromatic carbocycles. The molecule has 72 valence electrons. The molecule has 0 aliphatic carbocycles. The number of aliphatic hydroxyl groups excluding tert-OH is 2. The Labute approximate surface area is 73.4 Å². The molecule has 1 aliphatic rings. The summed E-state index contributed by atoms with van der Waals surface area (Å²) in [6.45, 7) is 4.14. The van der Waals surface area contributed by atoms with Crippen molar-refractivity contribution in [2.75, 3.05) is 6.61 Å². The number of aliphatic hydroxyl groups is 2. The van der Waals surface area contributed by atoms with Crippen molar-refractivity contribution >= 4 is 0 Å². The fourth-order valence-corrected chi connectivity index (χ4v) is 1.33. The summed E-state index contributed by atoms with van der Waals surface area (Å²) in [6.07, 6.45) is 1.53. The zero-order valence-electron chi connectivity index (χ0n) is 7.73. The van der Waals surface area contributed by atoms with E-state index in [1.807, 2.05) is 0 Å². The van der Waals surface area contributed by atoms with E-state index in [2.05, 4.69) is 13.8 Å². The Bertz CT molecular complexity index is 136. The quantitative estimate of drug-likeness (QED) is 0.598. The second-order valence-corrected chi connectivity index (χ2v) is 3.86. The van der Waals surface area contributed by atoms with Crippen LogP contribution in [-0.4, -0.2) is 35.1 Å². The SMILES string of the molecule is CC(C)CCC1OC1C(O)CO. The first-order valence-corrected chi connectivity index (χ1v) is 4.59. The van der Waals surface area contributed by atoms with Crippen molar-refractivity contribution in [1.82, 2.24) is 0 Å². The molecule has 0 aromatic heterocycles. The van der Waals surface area contributed by atoms with Crippen LogP contribution in [-0.2, 0) is 4.74 Å². The van der Waals surface area contributed by atoms with Gasteiger partial charge in [-0.2, -0.15) is 0 Å². The van der Waals surface area contributed by atoms with E-state index in [0.29, 0.717) is 5.92 Å². The third-order valence-electron chi connectivity index (χ3n) is 2.22. The van der Waals surface area contributed by atoms with E-state index in [-0.39, 0.29) is 18.8 Å². The van der Waals surface area contributed by atoms with Gasteiger partial charge in [-0.05, 0) is 18.8 Å². The van der Waals surface area contributed by atoms with Crippen LogP contribution in [0.4, 0.5) is 0 Å². The smallest absolute Gasteiger partial charge is 0.112 e. The lowest BCUT2D eigenvalue weighted by molar-refractivity contribution is 0.0706. The van der Waals surface area contributed by atoms with Gasteiger partial charge in [-0.3, -0.25) is 0 Å². The van der Waals surface area contributed by atoms with E-state index in [0.717, 1.165) is 12.8 Å². The van der Waals surface area contributed by atoms with Gasteiger partial charge in [0.05, 0.1) is 12.7 Å².